The number of carbonyl (C=O) groups excluding carboxylic acids is 1. The third kappa shape index (κ3) is 3.92. The van der Waals surface area contributed by atoms with E-state index in [9.17, 15) is 9.59 Å². The lowest BCUT2D eigenvalue weighted by Crippen LogP contribution is -2.37. The molecule has 1 aromatic rings. The average molecular weight is 335 g/mol. The molecule has 0 saturated carbocycles. The fourth-order valence-corrected chi connectivity index (χ4v) is 1.48. The SMILES string of the molecule is CCC(C)NC(=O)Cn1ncc(I)cc1=O. The summed E-state index contributed by atoms with van der Waals surface area (Å²) in [7, 11) is 0. The van der Waals surface area contributed by atoms with Crippen LogP contribution in [0.3, 0.4) is 0 Å². The summed E-state index contributed by atoms with van der Waals surface area (Å²) in [6.45, 7) is 3.88. The summed E-state index contributed by atoms with van der Waals surface area (Å²) < 4.78 is 1.92. The number of carbonyl (C=O) groups is 1. The van der Waals surface area contributed by atoms with Gasteiger partial charge < -0.3 is 5.32 Å². The maximum absolute atomic E-state index is 11.5. The van der Waals surface area contributed by atoms with Crippen LogP contribution in [0.15, 0.2) is 17.1 Å². The molecule has 0 fully saturated rings. The fraction of sp³-hybridized carbons (Fsp3) is 0.500. The lowest BCUT2D eigenvalue weighted by Gasteiger charge is -2.11. The number of nitrogens with one attached hydrogen (secondary N) is 1. The molecule has 0 aromatic carbocycles. The number of hydrogen-bond donors (Lipinski definition) is 1. The predicted octanol–water partition coefficient (Wildman–Crippen LogP) is 0.763. The summed E-state index contributed by atoms with van der Waals surface area (Å²) in [5.74, 6) is -0.190. The highest BCUT2D eigenvalue weighted by Gasteiger charge is 2.08. The van der Waals surface area contributed by atoms with Gasteiger partial charge in [-0.25, -0.2) is 4.68 Å². The van der Waals surface area contributed by atoms with Crippen molar-refractivity contribution in [2.75, 3.05) is 0 Å². The van der Waals surface area contributed by atoms with Gasteiger partial charge in [0.25, 0.3) is 5.56 Å². The molecule has 0 bridgehead atoms. The van der Waals surface area contributed by atoms with Crippen LogP contribution in [-0.2, 0) is 11.3 Å². The third-order valence-corrected chi connectivity index (χ3v) is 2.74. The maximum atomic E-state index is 11.5. The van der Waals surface area contributed by atoms with E-state index in [0.29, 0.717) is 0 Å². The van der Waals surface area contributed by atoms with Gasteiger partial charge in [-0.1, -0.05) is 6.92 Å². The fourth-order valence-electron chi connectivity index (χ4n) is 1.09. The van der Waals surface area contributed by atoms with E-state index in [4.69, 9.17) is 0 Å². The van der Waals surface area contributed by atoms with E-state index in [2.05, 4.69) is 10.4 Å². The highest BCUT2D eigenvalue weighted by Crippen LogP contribution is 1.95. The molecule has 1 rings (SSSR count). The first-order chi connectivity index (χ1) is 7.52. The molecule has 1 unspecified atom stereocenters. The van der Waals surface area contributed by atoms with Crippen molar-refractivity contribution in [2.45, 2.75) is 32.9 Å². The number of rotatable bonds is 4. The summed E-state index contributed by atoms with van der Waals surface area (Å²) >= 11 is 2.01. The van der Waals surface area contributed by atoms with E-state index in [0.717, 1.165) is 14.7 Å². The van der Waals surface area contributed by atoms with Crippen molar-refractivity contribution in [3.8, 4) is 0 Å². The molecule has 0 spiro atoms. The van der Waals surface area contributed by atoms with E-state index < -0.39 is 0 Å². The van der Waals surface area contributed by atoms with Gasteiger partial charge >= 0.3 is 0 Å². The number of halogens is 1. The second kappa shape index (κ2) is 5.97. The van der Waals surface area contributed by atoms with Crippen LogP contribution in [0.25, 0.3) is 0 Å². The van der Waals surface area contributed by atoms with Crippen molar-refractivity contribution in [3.63, 3.8) is 0 Å². The van der Waals surface area contributed by atoms with Crippen molar-refractivity contribution in [1.82, 2.24) is 15.1 Å². The number of aromatic nitrogens is 2. The van der Waals surface area contributed by atoms with E-state index in [1.54, 1.807) is 6.20 Å². The van der Waals surface area contributed by atoms with Crippen LogP contribution in [0.2, 0.25) is 0 Å². The van der Waals surface area contributed by atoms with Crippen LogP contribution in [0.5, 0.6) is 0 Å². The molecule has 88 valence electrons. The van der Waals surface area contributed by atoms with Crippen molar-refractivity contribution in [3.05, 3.63) is 26.2 Å². The molecule has 1 heterocycles. The van der Waals surface area contributed by atoms with E-state index in [1.807, 2.05) is 36.4 Å². The molecule has 1 amide bonds. The predicted molar refractivity (Wildman–Crippen MR) is 69.1 cm³/mol. The van der Waals surface area contributed by atoms with Crippen molar-refractivity contribution in [1.29, 1.82) is 0 Å². The van der Waals surface area contributed by atoms with Gasteiger partial charge in [0.1, 0.15) is 6.54 Å². The Morgan fingerprint density at radius 2 is 2.38 bits per heavy atom. The molecule has 0 aliphatic carbocycles. The van der Waals surface area contributed by atoms with E-state index >= 15 is 0 Å². The molecule has 5 nitrogen and oxygen atoms in total. The van der Waals surface area contributed by atoms with Gasteiger partial charge in [0.05, 0.1) is 6.20 Å². The quantitative estimate of drug-likeness (QED) is 0.827. The molecule has 0 saturated heterocycles. The summed E-state index contributed by atoms with van der Waals surface area (Å²) in [5, 5.41) is 6.67. The van der Waals surface area contributed by atoms with E-state index in [1.165, 1.54) is 6.07 Å². The van der Waals surface area contributed by atoms with Crippen LogP contribution >= 0.6 is 22.6 Å². The average Bonchev–Trinajstić information content (AvgIpc) is 2.22. The molecule has 1 atom stereocenters. The van der Waals surface area contributed by atoms with Crippen molar-refractivity contribution >= 4 is 28.5 Å². The Balaban J connectivity index is 2.67. The Hall–Kier alpha value is -0.920. The second-order valence-electron chi connectivity index (χ2n) is 3.55. The van der Waals surface area contributed by atoms with Gasteiger partial charge in [0, 0.05) is 15.7 Å². The summed E-state index contributed by atoms with van der Waals surface area (Å²) in [4.78, 5) is 23.0. The molecule has 1 N–H and O–H groups in total. The second-order valence-corrected chi connectivity index (χ2v) is 4.79. The molecular weight excluding hydrogens is 321 g/mol. The highest BCUT2D eigenvalue weighted by molar-refractivity contribution is 14.1. The molecule has 6 heteroatoms. The summed E-state index contributed by atoms with van der Waals surface area (Å²) in [6.07, 6.45) is 2.42. The van der Waals surface area contributed by atoms with Crippen LogP contribution in [0, 0.1) is 3.57 Å². The van der Waals surface area contributed by atoms with Gasteiger partial charge in [-0.2, -0.15) is 5.10 Å². The highest BCUT2D eigenvalue weighted by atomic mass is 127. The minimum Gasteiger partial charge on any atom is -0.352 e. The van der Waals surface area contributed by atoms with Crippen molar-refractivity contribution in [2.24, 2.45) is 0 Å². The summed E-state index contributed by atoms with van der Waals surface area (Å²) in [5.41, 5.74) is -0.258. The number of nitrogens with zero attached hydrogens (tertiary/aromatic N) is 2. The van der Waals surface area contributed by atoms with E-state index in [-0.39, 0.29) is 24.1 Å². The van der Waals surface area contributed by atoms with Crippen molar-refractivity contribution < 1.29 is 4.79 Å². The van der Waals surface area contributed by atoms with Gasteiger partial charge in [-0.05, 0) is 35.9 Å². The monoisotopic (exact) mass is 335 g/mol. The minimum absolute atomic E-state index is 0.0277. The molecule has 0 radical (unpaired) electrons. The topological polar surface area (TPSA) is 64.0 Å². The molecule has 16 heavy (non-hydrogen) atoms. The van der Waals surface area contributed by atoms with Crippen LogP contribution in [0.4, 0.5) is 0 Å². The lowest BCUT2D eigenvalue weighted by atomic mass is 10.2. The van der Waals surface area contributed by atoms with Crippen LogP contribution < -0.4 is 10.9 Å². The van der Waals surface area contributed by atoms with Crippen LogP contribution in [0.1, 0.15) is 20.3 Å². The maximum Gasteiger partial charge on any atom is 0.268 e. The van der Waals surface area contributed by atoms with Gasteiger partial charge in [-0.3, -0.25) is 9.59 Å². The normalized spacial score (nSPS) is 12.2. The van der Waals surface area contributed by atoms with Crippen LogP contribution in [-0.4, -0.2) is 21.7 Å². The molecule has 0 aliphatic rings. The standard InChI is InChI=1S/C10H14IN3O2/c1-3-7(2)13-9(15)6-14-10(16)4-8(11)5-12-14/h4-5,7H,3,6H2,1-2H3,(H,13,15). The third-order valence-electron chi connectivity index (χ3n) is 2.15. The van der Waals surface area contributed by atoms with Gasteiger partial charge in [-0.15, -0.1) is 0 Å². The first-order valence-corrected chi connectivity index (χ1v) is 6.12. The lowest BCUT2D eigenvalue weighted by molar-refractivity contribution is -0.122. The Morgan fingerprint density at radius 1 is 1.69 bits per heavy atom. The Kier molecular flexibility index (Phi) is 4.91. The zero-order valence-electron chi connectivity index (χ0n) is 9.24. The zero-order chi connectivity index (χ0) is 12.1. The molecule has 1 aromatic heterocycles. The smallest absolute Gasteiger partial charge is 0.268 e. The first kappa shape index (κ1) is 13.1. The van der Waals surface area contributed by atoms with Gasteiger partial charge in [0.2, 0.25) is 5.91 Å². The Morgan fingerprint density at radius 3 is 2.94 bits per heavy atom. The molecule has 0 aliphatic heterocycles. The minimum atomic E-state index is -0.258. The number of hydrogen-bond acceptors (Lipinski definition) is 3. The Bertz CT molecular complexity index is 430. The first-order valence-electron chi connectivity index (χ1n) is 5.05. The summed E-state index contributed by atoms with van der Waals surface area (Å²) in [6, 6.07) is 1.57. The molecular formula is C10H14IN3O2. The Labute approximate surface area is 107 Å². The number of amides is 1. The van der Waals surface area contributed by atoms with Gasteiger partial charge in [0.15, 0.2) is 0 Å². The zero-order valence-corrected chi connectivity index (χ0v) is 11.4. The largest absolute Gasteiger partial charge is 0.352 e.